The van der Waals surface area contributed by atoms with Gasteiger partial charge in [0.1, 0.15) is 0 Å². The van der Waals surface area contributed by atoms with Crippen LogP contribution in [0.25, 0.3) is 11.6 Å². The average Bonchev–Trinajstić information content (AvgIpc) is 3.29. The second kappa shape index (κ2) is 11.4. The number of aromatic nitrogens is 1. The van der Waals surface area contributed by atoms with Crippen LogP contribution in [0.4, 0.5) is 17.1 Å². The molecule has 41 heavy (non-hydrogen) atoms. The van der Waals surface area contributed by atoms with E-state index in [0.29, 0.717) is 0 Å². The van der Waals surface area contributed by atoms with Crippen molar-refractivity contribution >= 4 is 40.5 Å². The Hall–Kier alpha value is -4.06. The fourth-order valence-corrected chi connectivity index (χ4v) is 6.54. The maximum atomic E-state index is 2.37. The minimum atomic E-state index is 0.993. The van der Waals surface area contributed by atoms with E-state index in [4.69, 9.17) is 0 Å². The molecule has 4 nitrogen and oxygen atoms in total. The van der Waals surface area contributed by atoms with Gasteiger partial charge in [-0.1, -0.05) is 60.3 Å². The number of allylic oxidation sites excluding steroid dienone is 3. The summed E-state index contributed by atoms with van der Waals surface area (Å²) in [7, 11) is 8.91. The third-order valence-corrected chi connectivity index (χ3v) is 8.73. The van der Waals surface area contributed by atoms with E-state index < -0.39 is 0 Å². The number of thioether (sulfide) groups is 1. The molecule has 1 aromatic heterocycles. The van der Waals surface area contributed by atoms with E-state index >= 15 is 0 Å². The Morgan fingerprint density at radius 1 is 0.780 bits per heavy atom. The number of quaternary nitrogens is 1. The van der Waals surface area contributed by atoms with Gasteiger partial charge in [-0.05, 0) is 59.7 Å². The van der Waals surface area contributed by atoms with Crippen LogP contribution in [-0.4, -0.2) is 39.2 Å². The Kier molecular flexibility index (Phi) is 7.57. The van der Waals surface area contributed by atoms with Crippen molar-refractivity contribution in [1.29, 1.82) is 0 Å². The van der Waals surface area contributed by atoms with Crippen LogP contribution >= 0.6 is 11.8 Å². The van der Waals surface area contributed by atoms with Crippen molar-refractivity contribution < 1.29 is 9.05 Å². The van der Waals surface area contributed by atoms with Crippen LogP contribution in [0.2, 0.25) is 0 Å². The Morgan fingerprint density at radius 2 is 1.46 bits per heavy atom. The van der Waals surface area contributed by atoms with Gasteiger partial charge in [0.05, 0.1) is 50.5 Å². The number of para-hydroxylation sites is 3. The zero-order chi connectivity index (χ0) is 28.4. The molecule has 4 aromatic rings. The molecule has 0 spiro atoms. The molecule has 0 radical (unpaired) electrons. The van der Waals surface area contributed by atoms with E-state index in [0.717, 1.165) is 35.4 Å². The monoisotopic (exact) mass is 558 g/mol. The van der Waals surface area contributed by atoms with Gasteiger partial charge in [0.2, 0.25) is 0 Å². The highest BCUT2D eigenvalue weighted by Crippen LogP contribution is 2.48. The molecule has 6 rings (SSSR count). The van der Waals surface area contributed by atoms with E-state index in [1.165, 1.54) is 38.0 Å². The Labute approximate surface area is 248 Å². The van der Waals surface area contributed by atoms with Crippen molar-refractivity contribution in [2.45, 2.75) is 17.9 Å². The highest BCUT2D eigenvalue weighted by atomic mass is 32.2. The van der Waals surface area contributed by atoms with Crippen molar-refractivity contribution in [3.8, 4) is 0 Å². The summed E-state index contributed by atoms with van der Waals surface area (Å²) in [6.45, 7) is 2.19. The zero-order valence-electron chi connectivity index (χ0n) is 24.4. The van der Waals surface area contributed by atoms with Gasteiger partial charge in [-0.25, -0.2) is 4.57 Å². The number of hydrogen-bond acceptors (Lipinski definition) is 3. The first kappa shape index (κ1) is 27.1. The first-order valence-electron chi connectivity index (χ1n) is 14.3. The summed E-state index contributed by atoms with van der Waals surface area (Å²) < 4.78 is 3.28. The molecule has 2 aliphatic heterocycles. The molecule has 0 amide bonds. The van der Waals surface area contributed by atoms with Crippen molar-refractivity contribution in [2.75, 3.05) is 44.5 Å². The van der Waals surface area contributed by atoms with Gasteiger partial charge < -0.3 is 14.3 Å². The van der Waals surface area contributed by atoms with Gasteiger partial charge in [0.15, 0.2) is 18.9 Å². The van der Waals surface area contributed by atoms with Gasteiger partial charge in [0, 0.05) is 41.0 Å². The SMILES string of the molecule is CN1C(=CC2=CC(=Cc3cc[n+](CCC[N+](C)(C)C)cc3)N(c3ccccc3)c3ccccc32)Sc2ccccc21. The lowest BCUT2D eigenvalue weighted by Crippen LogP contribution is -2.39. The molecule has 0 atom stereocenters. The summed E-state index contributed by atoms with van der Waals surface area (Å²) in [5.74, 6) is 0. The third-order valence-electron chi connectivity index (χ3n) is 7.56. The second-order valence-corrected chi connectivity index (χ2v) is 12.8. The molecular formula is C36H38N4S+2. The number of aryl methyl sites for hydroxylation is 1. The summed E-state index contributed by atoms with van der Waals surface area (Å²) in [4.78, 5) is 5.97. The van der Waals surface area contributed by atoms with E-state index in [1.807, 2.05) is 11.8 Å². The molecule has 0 aliphatic carbocycles. The van der Waals surface area contributed by atoms with E-state index in [9.17, 15) is 0 Å². The summed E-state index contributed by atoms with van der Waals surface area (Å²) >= 11 is 1.83. The number of pyridine rings is 1. The second-order valence-electron chi connectivity index (χ2n) is 11.7. The summed E-state index contributed by atoms with van der Waals surface area (Å²) in [5, 5.41) is 1.23. The molecule has 0 N–H and O–H groups in total. The standard InChI is InChI=1S/C36H38N4S/c1-37-34-17-10-11-18-35(34)41-36(37)27-29-26-31(25-28-19-22-38(23-20-28)21-12-24-40(2,3)4)39(30-13-6-5-7-14-30)33-16-9-8-15-32(29)33/h5-11,13-20,22-23,25-27H,12,21,24H2,1-4H3/q+2. The average molecular weight is 559 g/mol. The maximum Gasteiger partial charge on any atom is 0.169 e. The quantitative estimate of drug-likeness (QED) is 0.170. The predicted octanol–water partition coefficient (Wildman–Crippen LogP) is 7.73. The van der Waals surface area contributed by atoms with Crippen LogP contribution in [0.15, 0.2) is 131 Å². The van der Waals surface area contributed by atoms with E-state index in [1.54, 1.807) is 0 Å². The zero-order valence-corrected chi connectivity index (χ0v) is 25.2. The molecule has 206 valence electrons. The lowest BCUT2D eigenvalue weighted by molar-refractivity contribution is -0.873. The molecule has 0 saturated carbocycles. The lowest BCUT2D eigenvalue weighted by atomic mass is 9.95. The predicted molar refractivity (Wildman–Crippen MR) is 174 cm³/mol. The maximum absolute atomic E-state index is 2.37. The first-order valence-corrected chi connectivity index (χ1v) is 15.1. The normalized spacial score (nSPS) is 16.6. The van der Waals surface area contributed by atoms with Gasteiger partial charge >= 0.3 is 0 Å². The minimum Gasteiger partial charge on any atom is -0.338 e. The van der Waals surface area contributed by atoms with Crippen LogP contribution in [-0.2, 0) is 6.54 Å². The van der Waals surface area contributed by atoms with Crippen LogP contribution in [0.1, 0.15) is 17.5 Å². The summed E-state index contributed by atoms with van der Waals surface area (Å²) in [5.41, 5.74) is 8.38. The van der Waals surface area contributed by atoms with Crippen molar-refractivity contribution in [3.05, 3.63) is 137 Å². The summed E-state index contributed by atoms with van der Waals surface area (Å²) in [6.07, 6.45) is 12.6. The Morgan fingerprint density at radius 3 is 2.20 bits per heavy atom. The molecular weight excluding hydrogens is 520 g/mol. The smallest absolute Gasteiger partial charge is 0.169 e. The van der Waals surface area contributed by atoms with Gasteiger partial charge in [-0.2, -0.15) is 0 Å². The van der Waals surface area contributed by atoms with Crippen molar-refractivity contribution in [2.24, 2.45) is 0 Å². The van der Waals surface area contributed by atoms with Crippen LogP contribution in [0.3, 0.4) is 0 Å². The number of rotatable bonds is 7. The topological polar surface area (TPSA) is 10.4 Å². The molecule has 0 unspecified atom stereocenters. The number of fused-ring (bicyclic) bond motifs is 2. The van der Waals surface area contributed by atoms with Gasteiger partial charge in [0.25, 0.3) is 0 Å². The first-order chi connectivity index (χ1) is 19.9. The third kappa shape index (κ3) is 6.02. The van der Waals surface area contributed by atoms with Crippen LogP contribution in [0.5, 0.6) is 0 Å². The minimum absolute atomic E-state index is 0.993. The van der Waals surface area contributed by atoms with Crippen molar-refractivity contribution in [3.63, 3.8) is 0 Å². The number of anilines is 3. The molecule has 0 fully saturated rings. The molecule has 0 bridgehead atoms. The van der Waals surface area contributed by atoms with E-state index in [2.05, 4.69) is 164 Å². The van der Waals surface area contributed by atoms with Crippen LogP contribution in [0, 0.1) is 0 Å². The molecule has 2 aliphatic rings. The molecule has 3 aromatic carbocycles. The highest BCUT2D eigenvalue weighted by Gasteiger charge is 2.26. The van der Waals surface area contributed by atoms with Gasteiger partial charge in [-0.3, -0.25) is 0 Å². The number of benzene rings is 3. The molecule has 5 heteroatoms. The lowest BCUT2D eigenvalue weighted by Gasteiger charge is -2.33. The van der Waals surface area contributed by atoms with Crippen LogP contribution < -0.4 is 14.4 Å². The molecule has 0 saturated heterocycles. The molecule has 3 heterocycles. The van der Waals surface area contributed by atoms with Gasteiger partial charge in [-0.15, -0.1) is 0 Å². The number of nitrogens with zero attached hydrogens (tertiary/aromatic N) is 4. The summed E-state index contributed by atoms with van der Waals surface area (Å²) in [6, 6.07) is 32.5. The largest absolute Gasteiger partial charge is 0.338 e. The Balaban J connectivity index is 1.39. The number of hydrogen-bond donors (Lipinski definition) is 0. The van der Waals surface area contributed by atoms with E-state index in [-0.39, 0.29) is 0 Å². The van der Waals surface area contributed by atoms with Crippen molar-refractivity contribution in [1.82, 2.24) is 0 Å². The highest BCUT2D eigenvalue weighted by molar-refractivity contribution is 8.03. The fourth-order valence-electron chi connectivity index (χ4n) is 5.44. The Bertz CT molecular complexity index is 1630. The fraction of sp³-hybridized carbons (Fsp3) is 0.194.